The first kappa shape index (κ1) is 20.6. The molecule has 1 aliphatic rings. The monoisotopic (exact) mass is 436 g/mol. The lowest BCUT2D eigenvalue weighted by atomic mass is 10.2. The van der Waals surface area contributed by atoms with Crippen molar-refractivity contribution in [3.8, 4) is 11.3 Å². The summed E-state index contributed by atoms with van der Waals surface area (Å²) in [5, 5.41) is 4.02. The standard InChI is InChI=1S/C19H22F2N6O2S/c1-30(2,28)24-10-14-12-26(7-8-29-14)18-9-13(5-6-22-18)16-11-23-17-4-3-15(19(20)21)25-27(16)17/h3-6,9,11,14,19H,7-8,10,12H2,1-2H3/t14-/m1/s1. The molecule has 0 aliphatic carbocycles. The normalized spacial score (nSPS) is 17.6. The Hall–Kier alpha value is -2.66. The smallest absolute Gasteiger partial charge is 0.282 e. The quantitative estimate of drug-likeness (QED) is 0.611. The number of anilines is 1. The van der Waals surface area contributed by atoms with E-state index >= 15 is 0 Å². The maximum absolute atomic E-state index is 13.1. The van der Waals surface area contributed by atoms with Crippen LogP contribution in [0.5, 0.6) is 0 Å². The van der Waals surface area contributed by atoms with Crippen LogP contribution >= 0.6 is 0 Å². The predicted molar refractivity (Wildman–Crippen MR) is 110 cm³/mol. The first-order valence-electron chi connectivity index (χ1n) is 9.39. The van der Waals surface area contributed by atoms with Crippen LogP contribution in [0.4, 0.5) is 14.6 Å². The Morgan fingerprint density at radius 3 is 2.90 bits per heavy atom. The van der Waals surface area contributed by atoms with Crippen LogP contribution in [0.25, 0.3) is 16.9 Å². The summed E-state index contributed by atoms with van der Waals surface area (Å²) in [6.45, 7) is 2.09. The number of hydrogen-bond acceptors (Lipinski definition) is 7. The van der Waals surface area contributed by atoms with Crippen LogP contribution in [0.2, 0.25) is 0 Å². The second-order valence-corrected chi connectivity index (χ2v) is 9.93. The molecule has 3 aromatic rings. The first-order chi connectivity index (χ1) is 14.3. The van der Waals surface area contributed by atoms with E-state index in [2.05, 4.69) is 24.3 Å². The molecule has 0 radical (unpaired) electrons. The van der Waals surface area contributed by atoms with Gasteiger partial charge in [-0.15, -0.1) is 0 Å². The molecule has 11 heteroatoms. The van der Waals surface area contributed by atoms with Gasteiger partial charge in [0, 0.05) is 47.1 Å². The zero-order valence-electron chi connectivity index (χ0n) is 16.6. The number of halogens is 2. The summed E-state index contributed by atoms with van der Waals surface area (Å²) in [6, 6.07) is 6.47. The molecule has 8 nitrogen and oxygen atoms in total. The maximum atomic E-state index is 13.1. The Labute approximate surface area is 173 Å². The number of morpholine rings is 1. The van der Waals surface area contributed by atoms with Crippen molar-refractivity contribution in [1.82, 2.24) is 19.6 Å². The largest absolute Gasteiger partial charge is 0.373 e. The number of pyridine rings is 1. The Kier molecular flexibility index (Phi) is 5.65. The van der Waals surface area contributed by atoms with Crippen LogP contribution in [-0.4, -0.2) is 68.6 Å². The zero-order valence-corrected chi connectivity index (χ0v) is 17.4. The van der Waals surface area contributed by atoms with Gasteiger partial charge in [-0.3, -0.25) is 4.21 Å². The molecule has 0 aromatic carbocycles. The predicted octanol–water partition coefficient (Wildman–Crippen LogP) is 2.66. The molecule has 160 valence electrons. The van der Waals surface area contributed by atoms with E-state index < -0.39 is 16.2 Å². The summed E-state index contributed by atoms with van der Waals surface area (Å²) in [6.07, 6.45) is 3.65. The molecule has 4 heterocycles. The van der Waals surface area contributed by atoms with Gasteiger partial charge in [0.05, 0.1) is 31.1 Å². The van der Waals surface area contributed by atoms with E-state index in [0.717, 1.165) is 11.4 Å². The molecule has 1 saturated heterocycles. The molecule has 1 aliphatic heterocycles. The van der Waals surface area contributed by atoms with Crippen molar-refractivity contribution in [2.45, 2.75) is 12.5 Å². The first-order valence-corrected chi connectivity index (χ1v) is 11.7. The van der Waals surface area contributed by atoms with Crippen LogP contribution in [0.15, 0.2) is 41.0 Å². The lowest BCUT2D eigenvalue weighted by Crippen LogP contribution is -2.44. The van der Waals surface area contributed by atoms with Crippen molar-refractivity contribution >= 4 is 21.2 Å². The third-order valence-electron chi connectivity index (χ3n) is 4.70. The second kappa shape index (κ2) is 8.23. The summed E-state index contributed by atoms with van der Waals surface area (Å²) in [7, 11) is -2.18. The Balaban J connectivity index is 1.61. The number of rotatable bonds is 5. The average Bonchev–Trinajstić information content (AvgIpc) is 3.15. The Morgan fingerprint density at radius 2 is 2.13 bits per heavy atom. The Bertz CT molecular complexity index is 1170. The lowest BCUT2D eigenvalue weighted by Gasteiger charge is -2.33. The van der Waals surface area contributed by atoms with E-state index in [9.17, 15) is 13.0 Å². The molecule has 0 amide bonds. The maximum Gasteiger partial charge on any atom is 0.282 e. The molecule has 1 fully saturated rings. The SMILES string of the molecule is CS(C)(=O)=NC[C@@H]1CN(c2cc(-c3cnc4ccc(C(F)F)nn34)ccn2)CCO1. The van der Waals surface area contributed by atoms with E-state index in [1.807, 2.05) is 6.07 Å². The molecule has 1 atom stereocenters. The fraction of sp³-hybridized carbons (Fsp3) is 0.421. The minimum atomic E-state index is -2.66. The van der Waals surface area contributed by atoms with Gasteiger partial charge in [-0.25, -0.2) is 27.6 Å². The molecule has 0 N–H and O–H groups in total. The zero-order chi connectivity index (χ0) is 21.3. The number of aromatic nitrogens is 4. The van der Waals surface area contributed by atoms with Crippen molar-refractivity contribution in [1.29, 1.82) is 0 Å². The highest BCUT2D eigenvalue weighted by atomic mass is 32.2. The van der Waals surface area contributed by atoms with Crippen molar-refractivity contribution in [3.63, 3.8) is 0 Å². The summed E-state index contributed by atoms with van der Waals surface area (Å²) in [5.41, 5.74) is 1.56. The van der Waals surface area contributed by atoms with Crippen LogP contribution < -0.4 is 4.90 Å². The minimum absolute atomic E-state index is 0.170. The van der Waals surface area contributed by atoms with E-state index in [1.54, 1.807) is 31.0 Å². The Morgan fingerprint density at radius 1 is 1.30 bits per heavy atom. The molecular formula is C19H22F2N6O2S. The van der Waals surface area contributed by atoms with Gasteiger partial charge in [0.1, 0.15) is 11.5 Å². The third-order valence-corrected chi connectivity index (χ3v) is 5.47. The lowest BCUT2D eigenvalue weighted by molar-refractivity contribution is 0.0468. The average molecular weight is 436 g/mol. The van der Waals surface area contributed by atoms with Gasteiger partial charge in [0.2, 0.25) is 0 Å². The highest BCUT2D eigenvalue weighted by molar-refractivity contribution is 7.92. The molecule has 3 aromatic heterocycles. The van der Waals surface area contributed by atoms with Gasteiger partial charge < -0.3 is 9.64 Å². The summed E-state index contributed by atoms with van der Waals surface area (Å²) >= 11 is 0. The molecule has 0 bridgehead atoms. The van der Waals surface area contributed by atoms with Crippen LogP contribution in [0.1, 0.15) is 12.1 Å². The fourth-order valence-corrected chi connectivity index (χ4v) is 3.78. The highest BCUT2D eigenvalue weighted by Crippen LogP contribution is 2.26. The molecule has 0 saturated carbocycles. The van der Waals surface area contributed by atoms with Gasteiger partial charge in [-0.05, 0) is 24.3 Å². The van der Waals surface area contributed by atoms with Crippen molar-refractivity contribution < 1.29 is 17.7 Å². The van der Waals surface area contributed by atoms with Crippen LogP contribution in [0, 0.1) is 0 Å². The molecule has 30 heavy (non-hydrogen) atoms. The van der Waals surface area contributed by atoms with Crippen LogP contribution in [0.3, 0.4) is 0 Å². The summed E-state index contributed by atoms with van der Waals surface area (Å²) in [4.78, 5) is 10.8. The number of nitrogens with zero attached hydrogens (tertiary/aromatic N) is 6. The van der Waals surface area contributed by atoms with E-state index in [1.165, 1.54) is 16.6 Å². The molecule has 0 spiro atoms. The summed E-state index contributed by atoms with van der Waals surface area (Å²) < 4.78 is 49.3. The van der Waals surface area contributed by atoms with Gasteiger partial charge in [-0.1, -0.05) is 0 Å². The van der Waals surface area contributed by atoms with E-state index in [0.29, 0.717) is 37.6 Å². The highest BCUT2D eigenvalue weighted by Gasteiger charge is 2.22. The van der Waals surface area contributed by atoms with E-state index in [4.69, 9.17) is 4.74 Å². The van der Waals surface area contributed by atoms with Crippen molar-refractivity contribution in [3.05, 3.63) is 42.4 Å². The summed E-state index contributed by atoms with van der Waals surface area (Å²) in [5.74, 6) is 0.731. The topological polar surface area (TPSA) is 85.0 Å². The third kappa shape index (κ3) is 4.57. The second-order valence-electron chi connectivity index (χ2n) is 7.31. The number of alkyl halides is 2. The fourth-order valence-electron chi connectivity index (χ4n) is 3.25. The van der Waals surface area contributed by atoms with Gasteiger partial charge >= 0.3 is 0 Å². The van der Waals surface area contributed by atoms with Crippen molar-refractivity contribution in [2.24, 2.45) is 4.36 Å². The number of imidazole rings is 1. The molecular weight excluding hydrogens is 414 g/mol. The number of ether oxygens (including phenoxy) is 1. The van der Waals surface area contributed by atoms with E-state index in [-0.39, 0.29) is 11.8 Å². The number of fused-ring (bicyclic) bond motifs is 1. The minimum Gasteiger partial charge on any atom is -0.373 e. The van der Waals surface area contributed by atoms with Gasteiger partial charge in [0.15, 0.2) is 5.65 Å². The van der Waals surface area contributed by atoms with Gasteiger partial charge in [0.25, 0.3) is 6.43 Å². The van der Waals surface area contributed by atoms with Crippen LogP contribution in [-0.2, 0) is 14.5 Å². The molecule has 0 unspecified atom stereocenters. The van der Waals surface area contributed by atoms with Gasteiger partial charge in [-0.2, -0.15) is 5.10 Å². The number of hydrogen-bond donors (Lipinski definition) is 0. The molecule has 4 rings (SSSR count). The van der Waals surface area contributed by atoms with Crippen molar-refractivity contribution in [2.75, 3.05) is 43.7 Å².